The molecule has 0 amide bonds. The molecule has 0 unspecified atom stereocenters. The van der Waals surface area contributed by atoms with Crippen LogP contribution in [0.15, 0.2) is 65.7 Å². The maximum absolute atomic E-state index is 13.0. The lowest BCUT2D eigenvalue weighted by molar-refractivity contribution is 0.626. The predicted molar refractivity (Wildman–Crippen MR) is 92.8 cm³/mol. The van der Waals surface area contributed by atoms with E-state index in [9.17, 15) is 9.18 Å². The van der Waals surface area contributed by atoms with Crippen LogP contribution in [0.4, 0.5) is 10.2 Å². The maximum Gasteiger partial charge on any atom is 0.293 e. The quantitative estimate of drug-likeness (QED) is 0.768. The molecule has 1 heterocycles. The minimum absolute atomic E-state index is 0.242. The Morgan fingerprint density at radius 2 is 1.88 bits per heavy atom. The molecule has 0 aliphatic carbocycles. The summed E-state index contributed by atoms with van der Waals surface area (Å²) in [5.74, 6) is -0.0533. The van der Waals surface area contributed by atoms with Crippen LogP contribution in [0.1, 0.15) is 11.1 Å². The third-order valence-electron chi connectivity index (χ3n) is 3.58. The summed E-state index contributed by atoms with van der Waals surface area (Å²) >= 11 is 6.11. The summed E-state index contributed by atoms with van der Waals surface area (Å²) in [6, 6.07) is 13.5. The molecule has 1 aromatic heterocycles. The highest BCUT2D eigenvalue weighted by atomic mass is 35.5. The fourth-order valence-corrected chi connectivity index (χ4v) is 2.50. The summed E-state index contributed by atoms with van der Waals surface area (Å²) in [7, 11) is 0. The minimum atomic E-state index is -0.303. The van der Waals surface area contributed by atoms with Gasteiger partial charge < -0.3 is 9.88 Å². The Labute approximate surface area is 143 Å². The smallest absolute Gasteiger partial charge is 0.293 e. The molecule has 3 rings (SSSR count). The summed E-state index contributed by atoms with van der Waals surface area (Å²) in [6.07, 6.45) is 3.16. The summed E-state index contributed by atoms with van der Waals surface area (Å²) < 4.78 is 14.5. The highest BCUT2D eigenvalue weighted by Gasteiger charge is 2.06. The van der Waals surface area contributed by atoms with Gasteiger partial charge in [-0.1, -0.05) is 41.9 Å². The lowest BCUT2D eigenvalue weighted by Gasteiger charge is -2.10. The lowest BCUT2D eigenvalue weighted by Crippen LogP contribution is -2.24. The van der Waals surface area contributed by atoms with Crippen molar-refractivity contribution in [1.82, 2.24) is 9.55 Å². The average Bonchev–Trinajstić information content (AvgIpc) is 2.59. The molecular formula is C18H15ClFN3O. The van der Waals surface area contributed by atoms with Crippen LogP contribution >= 0.6 is 11.6 Å². The minimum Gasteiger partial charge on any atom is -0.361 e. The second-order valence-electron chi connectivity index (χ2n) is 5.28. The van der Waals surface area contributed by atoms with Crippen molar-refractivity contribution < 1.29 is 4.39 Å². The van der Waals surface area contributed by atoms with Crippen LogP contribution in [0.5, 0.6) is 0 Å². The molecule has 122 valence electrons. The molecule has 0 saturated heterocycles. The Hall–Kier alpha value is -2.66. The molecule has 1 N–H and O–H groups in total. The lowest BCUT2D eigenvalue weighted by atomic mass is 10.2. The molecule has 0 atom stereocenters. The molecule has 24 heavy (non-hydrogen) atoms. The first kappa shape index (κ1) is 16.2. The van der Waals surface area contributed by atoms with Gasteiger partial charge in [-0.15, -0.1) is 0 Å². The van der Waals surface area contributed by atoms with E-state index in [4.69, 9.17) is 11.6 Å². The van der Waals surface area contributed by atoms with Gasteiger partial charge in [0.1, 0.15) is 5.82 Å². The van der Waals surface area contributed by atoms with E-state index in [1.165, 1.54) is 16.7 Å². The summed E-state index contributed by atoms with van der Waals surface area (Å²) in [5, 5.41) is 3.65. The zero-order chi connectivity index (χ0) is 16.9. The second kappa shape index (κ2) is 7.27. The largest absolute Gasteiger partial charge is 0.361 e. The molecule has 6 heteroatoms. The molecule has 0 aliphatic rings. The van der Waals surface area contributed by atoms with Gasteiger partial charge in [-0.05, 0) is 29.3 Å². The Balaban J connectivity index is 1.77. The van der Waals surface area contributed by atoms with Gasteiger partial charge in [0.05, 0.1) is 6.54 Å². The summed E-state index contributed by atoms with van der Waals surface area (Å²) in [6.45, 7) is 0.755. The number of halogens is 2. The van der Waals surface area contributed by atoms with Gasteiger partial charge in [0, 0.05) is 24.0 Å². The third kappa shape index (κ3) is 3.81. The van der Waals surface area contributed by atoms with Crippen molar-refractivity contribution in [3.8, 4) is 0 Å². The average molecular weight is 344 g/mol. The number of anilines is 1. The molecule has 0 saturated carbocycles. The Morgan fingerprint density at radius 3 is 2.62 bits per heavy atom. The summed E-state index contributed by atoms with van der Waals surface area (Å²) in [4.78, 5) is 16.6. The zero-order valence-corrected chi connectivity index (χ0v) is 13.5. The van der Waals surface area contributed by atoms with E-state index in [-0.39, 0.29) is 17.2 Å². The van der Waals surface area contributed by atoms with Crippen LogP contribution in [-0.4, -0.2) is 9.55 Å². The van der Waals surface area contributed by atoms with Crippen LogP contribution in [0.3, 0.4) is 0 Å². The van der Waals surface area contributed by atoms with Crippen molar-refractivity contribution >= 4 is 17.4 Å². The van der Waals surface area contributed by atoms with Gasteiger partial charge in [-0.25, -0.2) is 9.37 Å². The Bertz CT molecular complexity index is 893. The molecule has 0 aliphatic heterocycles. The van der Waals surface area contributed by atoms with E-state index in [1.54, 1.807) is 30.6 Å². The monoisotopic (exact) mass is 343 g/mol. The number of aromatic nitrogens is 2. The molecule has 3 aromatic rings. The van der Waals surface area contributed by atoms with E-state index in [2.05, 4.69) is 10.3 Å². The fourth-order valence-electron chi connectivity index (χ4n) is 2.30. The first-order chi connectivity index (χ1) is 11.6. The van der Waals surface area contributed by atoms with Crippen molar-refractivity contribution in [2.45, 2.75) is 13.1 Å². The molecule has 0 spiro atoms. The first-order valence-electron chi connectivity index (χ1n) is 7.40. The van der Waals surface area contributed by atoms with E-state index in [1.807, 2.05) is 18.2 Å². The van der Waals surface area contributed by atoms with Gasteiger partial charge in [-0.3, -0.25) is 4.79 Å². The van der Waals surface area contributed by atoms with E-state index < -0.39 is 0 Å². The molecule has 0 fully saturated rings. The van der Waals surface area contributed by atoms with Gasteiger partial charge in [0.25, 0.3) is 5.56 Å². The number of hydrogen-bond donors (Lipinski definition) is 1. The second-order valence-corrected chi connectivity index (χ2v) is 5.69. The predicted octanol–water partition coefficient (Wildman–Crippen LogP) is 3.70. The Kier molecular flexibility index (Phi) is 4.91. The van der Waals surface area contributed by atoms with Crippen LogP contribution < -0.4 is 10.9 Å². The van der Waals surface area contributed by atoms with Gasteiger partial charge in [-0.2, -0.15) is 0 Å². The van der Waals surface area contributed by atoms with Crippen molar-refractivity contribution in [1.29, 1.82) is 0 Å². The highest BCUT2D eigenvalue weighted by molar-refractivity contribution is 6.31. The van der Waals surface area contributed by atoms with E-state index >= 15 is 0 Å². The van der Waals surface area contributed by atoms with Crippen molar-refractivity contribution in [2.75, 3.05) is 5.32 Å². The number of benzene rings is 2. The number of nitrogens with one attached hydrogen (secondary N) is 1. The molecule has 0 bridgehead atoms. The molecule has 2 aromatic carbocycles. The third-order valence-corrected chi connectivity index (χ3v) is 3.95. The van der Waals surface area contributed by atoms with Crippen LogP contribution in [0, 0.1) is 5.82 Å². The number of rotatable bonds is 5. The van der Waals surface area contributed by atoms with Crippen molar-refractivity contribution in [3.63, 3.8) is 0 Å². The first-order valence-corrected chi connectivity index (χ1v) is 7.78. The normalized spacial score (nSPS) is 10.6. The molecule has 0 radical (unpaired) electrons. The number of nitrogens with zero attached hydrogens (tertiary/aromatic N) is 2. The fraction of sp³-hybridized carbons (Fsp3) is 0.111. The topological polar surface area (TPSA) is 46.9 Å². The Morgan fingerprint density at radius 1 is 1.12 bits per heavy atom. The van der Waals surface area contributed by atoms with Crippen molar-refractivity contribution in [2.24, 2.45) is 0 Å². The van der Waals surface area contributed by atoms with Crippen molar-refractivity contribution in [3.05, 3.63) is 93.2 Å². The maximum atomic E-state index is 13.0. The standard InChI is InChI=1S/C18H15ClFN3O/c19-16-4-2-1-3-14(16)11-22-17-18(24)23(10-9-21-17)12-13-5-7-15(20)8-6-13/h1-10H,11-12H2,(H,21,22). The van der Waals surface area contributed by atoms with Gasteiger partial charge in [0.2, 0.25) is 0 Å². The van der Waals surface area contributed by atoms with Gasteiger partial charge >= 0.3 is 0 Å². The molecule has 4 nitrogen and oxygen atoms in total. The summed E-state index contributed by atoms with van der Waals surface area (Å²) in [5.41, 5.74) is 1.48. The van der Waals surface area contributed by atoms with Crippen LogP contribution in [-0.2, 0) is 13.1 Å². The van der Waals surface area contributed by atoms with Crippen LogP contribution in [0.25, 0.3) is 0 Å². The SMILES string of the molecule is O=c1c(NCc2ccccc2Cl)nccn1Cc1ccc(F)cc1. The van der Waals surface area contributed by atoms with Gasteiger partial charge in [0.15, 0.2) is 5.82 Å². The van der Waals surface area contributed by atoms with E-state index in [0.29, 0.717) is 18.1 Å². The number of hydrogen-bond acceptors (Lipinski definition) is 3. The highest BCUT2D eigenvalue weighted by Crippen LogP contribution is 2.15. The molecular weight excluding hydrogens is 329 g/mol. The van der Waals surface area contributed by atoms with Crippen LogP contribution in [0.2, 0.25) is 5.02 Å². The zero-order valence-electron chi connectivity index (χ0n) is 12.7. The van der Waals surface area contributed by atoms with E-state index in [0.717, 1.165) is 11.1 Å².